The Hall–Kier alpha value is -1.39. The zero-order valence-electron chi connectivity index (χ0n) is 8.60. The molecule has 2 rings (SSSR count). The van der Waals surface area contributed by atoms with E-state index in [1.807, 2.05) is 42.7 Å². The van der Waals surface area contributed by atoms with E-state index in [0.29, 0.717) is 4.88 Å². The third kappa shape index (κ3) is 1.62. The maximum atomic E-state index is 11.1. The summed E-state index contributed by atoms with van der Waals surface area (Å²) in [4.78, 5) is 11.6. The van der Waals surface area contributed by atoms with Crippen LogP contribution in [0.25, 0.3) is 10.1 Å². The summed E-state index contributed by atoms with van der Waals surface area (Å²) in [5.74, 6) is -0.830. The first-order valence-corrected chi connectivity index (χ1v) is 5.75. The molecule has 0 radical (unpaired) electrons. The maximum Gasteiger partial charge on any atom is 0.391 e. The molecule has 78 valence electrons. The van der Waals surface area contributed by atoms with Gasteiger partial charge >= 0.3 is 5.97 Å². The van der Waals surface area contributed by atoms with Gasteiger partial charge in [-0.25, -0.2) is 4.79 Å². The molecule has 0 aliphatic heterocycles. The van der Waals surface area contributed by atoms with Crippen LogP contribution in [0, 0.1) is 0 Å². The van der Waals surface area contributed by atoms with E-state index in [-0.39, 0.29) is 0 Å². The standard InChI is InChI=1S/C11H11NO2S/c1-12(2)15-9-6-4-3-5-8(9)7-10(15)11(13)14/h3-7H,1-2H3/p+1. The number of carboxylic acid groups (broad SMARTS) is 1. The molecule has 0 amide bonds. The number of hydrogen-bond acceptors (Lipinski definition) is 2. The molecule has 1 aromatic heterocycles. The highest BCUT2D eigenvalue weighted by Crippen LogP contribution is 2.36. The van der Waals surface area contributed by atoms with Gasteiger partial charge in [-0.1, -0.05) is 12.1 Å². The van der Waals surface area contributed by atoms with E-state index in [1.165, 1.54) is 0 Å². The smallest absolute Gasteiger partial charge is 0.391 e. The molecule has 1 aromatic carbocycles. The molecular weight excluding hydrogens is 210 g/mol. The number of nitrogens with zero attached hydrogens (tertiary/aromatic N) is 1. The molecule has 0 aliphatic carbocycles. The fraction of sp³-hybridized carbons (Fsp3) is 0.182. The normalized spacial score (nSPS) is 12.3. The lowest BCUT2D eigenvalue weighted by atomic mass is 10.2. The Balaban J connectivity index is 2.80. The summed E-state index contributed by atoms with van der Waals surface area (Å²) in [6.07, 6.45) is 0. The van der Waals surface area contributed by atoms with Gasteiger partial charge in [-0.05, 0) is 6.07 Å². The Bertz CT molecular complexity index is 516. The molecule has 1 unspecified atom stereocenters. The van der Waals surface area contributed by atoms with Crippen molar-refractivity contribution in [3.8, 4) is 0 Å². The third-order valence-electron chi connectivity index (χ3n) is 2.20. The Morgan fingerprint density at radius 1 is 1.33 bits per heavy atom. The largest absolute Gasteiger partial charge is 0.474 e. The van der Waals surface area contributed by atoms with Gasteiger partial charge in [0.25, 0.3) is 4.88 Å². The van der Waals surface area contributed by atoms with Gasteiger partial charge in [-0.15, -0.1) is 4.31 Å². The quantitative estimate of drug-likeness (QED) is 0.794. The molecule has 0 spiro atoms. The van der Waals surface area contributed by atoms with E-state index in [1.54, 1.807) is 6.07 Å². The minimum Gasteiger partial charge on any atom is -0.474 e. The summed E-state index contributed by atoms with van der Waals surface area (Å²) in [7, 11) is 3.38. The van der Waals surface area contributed by atoms with Gasteiger partial charge in [0.2, 0.25) is 4.70 Å². The highest BCUT2D eigenvalue weighted by Gasteiger charge is 2.28. The summed E-state index contributed by atoms with van der Waals surface area (Å²) < 4.78 is 3.05. The molecule has 1 atom stereocenters. The fourth-order valence-electron chi connectivity index (χ4n) is 1.63. The van der Waals surface area contributed by atoms with Gasteiger partial charge in [0, 0.05) is 31.6 Å². The van der Waals surface area contributed by atoms with Gasteiger partial charge in [-0.2, -0.15) is 0 Å². The molecule has 4 heteroatoms. The minimum absolute atomic E-state index is 0.427. The molecule has 1 N–H and O–H groups in total. The van der Waals surface area contributed by atoms with E-state index in [9.17, 15) is 4.79 Å². The lowest BCUT2D eigenvalue weighted by molar-refractivity contribution is 0.0702. The molecule has 3 nitrogen and oxygen atoms in total. The predicted molar refractivity (Wildman–Crippen MR) is 63.5 cm³/mol. The SMILES string of the molecule is CN(C)[s+]1c(C(=O)O)cc2ccccc21. The highest BCUT2D eigenvalue weighted by molar-refractivity contribution is 7.40. The minimum atomic E-state index is -0.830. The van der Waals surface area contributed by atoms with Crippen molar-refractivity contribution in [1.29, 1.82) is 0 Å². The number of benzene rings is 1. The van der Waals surface area contributed by atoms with Gasteiger partial charge in [0.15, 0.2) is 0 Å². The van der Waals surface area contributed by atoms with Crippen molar-refractivity contribution in [2.24, 2.45) is 0 Å². The second-order valence-corrected chi connectivity index (χ2v) is 5.63. The molecule has 1 heterocycles. The second kappa shape index (κ2) is 3.64. The second-order valence-electron chi connectivity index (χ2n) is 3.45. The van der Waals surface area contributed by atoms with Gasteiger partial charge in [0.1, 0.15) is 0 Å². The van der Waals surface area contributed by atoms with E-state index in [2.05, 4.69) is 0 Å². The molecular formula is C11H12NO2S+. The number of rotatable bonds is 2. The average molecular weight is 222 g/mol. The van der Waals surface area contributed by atoms with Crippen LogP contribution in [0.3, 0.4) is 0 Å². The van der Waals surface area contributed by atoms with E-state index in [4.69, 9.17) is 5.11 Å². The summed E-state index contributed by atoms with van der Waals surface area (Å²) in [6.45, 7) is 0. The highest BCUT2D eigenvalue weighted by atomic mass is 32.2. The van der Waals surface area contributed by atoms with Crippen LogP contribution in [-0.2, 0) is 0 Å². The van der Waals surface area contributed by atoms with Crippen molar-refractivity contribution in [3.63, 3.8) is 0 Å². The number of aromatic carboxylic acids is 1. The predicted octanol–water partition coefficient (Wildman–Crippen LogP) is 2.48. The van der Waals surface area contributed by atoms with E-state index >= 15 is 0 Å². The summed E-state index contributed by atoms with van der Waals surface area (Å²) in [5.41, 5.74) is 0. The van der Waals surface area contributed by atoms with Crippen LogP contribution in [0.5, 0.6) is 0 Å². The Labute approximate surface area is 90.7 Å². The Morgan fingerprint density at radius 3 is 2.60 bits per heavy atom. The van der Waals surface area contributed by atoms with E-state index in [0.717, 1.165) is 10.1 Å². The molecule has 15 heavy (non-hydrogen) atoms. The Kier molecular flexibility index (Phi) is 2.46. The molecule has 2 aromatic rings. The van der Waals surface area contributed by atoms with E-state index < -0.39 is 16.6 Å². The van der Waals surface area contributed by atoms with Crippen LogP contribution in [-0.4, -0.2) is 25.2 Å². The first kappa shape index (κ1) is 10.1. The van der Waals surface area contributed by atoms with Crippen molar-refractivity contribution >= 4 is 26.7 Å². The first-order valence-electron chi connectivity index (χ1n) is 4.57. The number of hydrogen-bond donors (Lipinski definition) is 1. The zero-order valence-corrected chi connectivity index (χ0v) is 9.41. The van der Waals surface area contributed by atoms with Crippen LogP contribution in [0.4, 0.5) is 0 Å². The van der Waals surface area contributed by atoms with Crippen LogP contribution in [0.2, 0.25) is 0 Å². The molecule has 0 aliphatic rings. The topological polar surface area (TPSA) is 40.5 Å². The summed E-state index contributed by atoms with van der Waals surface area (Å²) in [6, 6.07) is 9.58. The number of fused-ring (bicyclic) bond motifs is 1. The van der Waals surface area contributed by atoms with Gasteiger partial charge < -0.3 is 5.11 Å². The molecule has 0 saturated heterocycles. The molecule has 0 saturated carbocycles. The number of carbonyl (C=O) groups is 1. The Morgan fingerprint density at radius 2 is 2.00 bits per heavy atom. The lowest BCUT2D eigenvalue weighted by Crippen LogP contribution is -2.09. The monoisotopic (exact) mass is 222 g/mol. The zero-order chi connectivity index (χ0) is 11.0. The van der Waals surface area contributed by atoms with Crippen LogP contribution in [0.15, 0.2) is 30.3 Å². The van der Waals surface area contributed by atoms with Crippen molar-refractivity contribution in [3.05, 3.63) is 35.2 Å². The first-order chi connectivity index (χ1) is 7.11. The van der Waals surface area contributed by atoms with Crippen molar-refractivity contribution in [2.75, 3.05) is 18.4 Å². The lowest BCUT2D eigenvalue weighted by Gasteiger charge is -1.99. The van der Waals surface area contributed by atoms with Crippen molar-refractivity contribution in [1.82, 2.24) is 0 Å². The third-order valence-corrected chi connectivity index (χ3v) is 4.43. The van der Waals surface area contributed by atoms with Gasteiger partial charge in [0.05, 0.1) is 10.7 Å². The van der Waals surface area contributed by atoms with Crippen molar-refractivity contribution < 1.29 is 9.90 Å². The summed E-state index contributed by atoms with van der Waals surface area (Å²) in [5, 5.41) is 10.1. The number of carboxylic acids is 1. The maximum absolute atomic E-state index is 11.1. The van der Waals surface area contributed by atoms with Crippen LogP contribution < -0.4 is 4.31 Å². The van der Waals surface area contributed by atoms with Crippen molar-refractivity contribution in [2.45, 2.75) is 0 Å². The van der Waals surface area contributed by atoms with Crippen LogP contribution >= 0.6 is 10.7 Å². The summed E-state index contributed by atoms with van der Waals surface area (Å²) >= 11 is 0. The van der Waals surface area contributed by atoms with Gasteiger partial charge in [-0.3, -0.25) is 0 Å². The number of thiophene rings is 1. The molecule has 0 bridgehead atoms. The van der Waals surface area contributed by atoms with Crippen LogP contribution in [0.1, 0.15) is 9.67 Å². The molecule has 0 fully saturated rings. The fourth-order valence-corrected chi connectivity index (χ4v) is 3.61. The average Bonchev–Trinajstić information content (AvgIpc) is 2.56.